The second-order valence-corrected chi connectivity index (χ2v) is 19.6. The number of carboxylic acids is 1. The molecule has 0 unspecified atom stereocenters. The van der Waals surface area contributed by atoms with Crippen LogP contribution in [-0.4, -0.2) is 64.9 Å². The molecule has 1 heterocycles. The molecule has 0 bridgehead atoms. The Hall–Kier alpha value is -2.22. The molecule has 8 heteroatoms. The van der Waals surface area contributed by atoms with Crippen molar-refractivity contribution in [3.8, 4) is 0 Å². The number of ketones is 1. The summed E-state index contributed by atoms with van der Waals surface area (Å²) in [6.07, 6.45) is 9.79. The summed E-state index contributed by atoms with van der Waals surface area (Å²) in [5, 5.41) is 13.2. The third-order valence-electron chi connectivity index (χ3n) is 16.0. The minimum atomic E-state index is -1.16. The molecular formula is C41H64N2O6. The lowest BCUT2D eigenvalue weighted by atomic mass is 9.33. The molecule has 8 nitrogen and oxygen atoms in total. The number of hydrogen-bond acceptors (Lipinski definition) is 6. The monoisotopic (exact) mass is 680 g/mol. The number of aliphatic carboxylic acids is 1. The van der Waals surface area contributed by atoms with Crippen molar-refractivity contribution >= 4 is 23.6 Å². The number of rotatable bonds is 7. The second kappa shape index (κ2) is 11.9. The Kier molecular flexibility index (Phi) is 8.89. The highest BCUT2D eigenvalue weighted by molar-refractivity contribution is 6.02. The third-order valence-corrected chi connectivity index (χ3v) is 16.0. The van der Waals surface area contributed by atoms with Crippen LogP contribution in [0.15, 0.2) is 11.1 Å². The van der Waals surface area contributed by atoms with Crippen molar-refractivity contribution in [3.63, 3.8) is 0 Å². The van der Waals surface area contributed by atoms with Gasteiger partial charge in [0, 0.05) is 11.8 Å². The van der Waals surface area contributed by atoms with E-state index in [9.17, 15) is 24.3 Å². The highest BCUT2D eigenvalue weighted by Crippen LogP contribution is 2.76. The van der Waals surface area contributed by atoms with E-state index in [1.54, 1.807) is 13.8 Å². The number of nitrogens with one attached hydrogen (secondary N) is 1. The minimum absolute atomic E-state index is 0.00175. The van der Waals surface area contributed by atoms with Crippen LogP contribution >= 0.6 is 0 Å². The van der Waals surface area contributed by atoms with E-state index in [0.29, 0.717) is 18.3 Å². The Labute approximate surface area is 294 Å². The Morgan fingerprint density at radius 1 is 0.939 bits per heavy atom. The van der Waals surface area contributed by atoms with E-state index < -0.39 is 22.9 Å². The van der Waals surface area contributed by atoms with Gasteiger partial charge in [0.1, 0.15) is 6.10 Å². The molecule has 6 rings (SSSR count). The van der Waals surface area contributed by atoms with Crippen molar-refractivity contribution in [3.05, 3.63) is 11.1 Å². The number of likely N-dealkylation sites (tertiary alicyclic amines) is 1. The predicted octanol–water partition coefficient (Wildman–Crippen LogP) is 7.34. The van der Waals surface area contributed by atoms with Crippen LogP contribution in [-0.2, 0) is 23.9 Å². The van der Waals surface area contributed by atoms with E-state index in [1.165, 1.54) is 5.57 Å². The first-order valence-electron chi connectivity index (χ1n) is 19.4. The van der Waals surface area contributed by atoms with Crippen LogP contribution in [0, 0.1) is 50.7 Å². The molecule has 0 radical (unpaired) electrons. The van der Waals surface area contributed by atoms with Crippen molar-refractivity contribution in [1.29, 1.82) is 0 Å². The lowest BCUT2D eigenvalue weighted by Gasteiger charge is -2.72. The first-order valence-corrected chi connectivity index (χ1v) is 19.4. The average Bonchev–Trinajstić information content (AvgIpc) is 3.54. The van der Waals surface area contributed by atoms with E-state index in [2.05, 4.69) is 58.7 Å². The van der Waals surface area contributed by atoms with Crippen molar-refractivity contribution < 1.29 is 29.0 Å². The summed E-state index contributed by atoms with van der Waals surface area (Å²) in [5.41, 5.74) is 0.449. The quantitative estimate of drug-likeness (QED) is 0.271. The van der Waals surface area contributed by atoms with Crippen molar-refractivity contribution in [2.45, 2.75) is 157 Å². The molecule has 2 N–H and O–H groups in total. The number of fused-ring (bicyclic) bond motifs is 7. The van der Waals surface area contributed by atoms with Gasteiger partial charge in [0.05, 0.1) is 23.4 Å². The highest BCUT2D eigenvalue weighted by Gasteiger charge is 2.70. The topological polar surface area (TPSA) is 113 Å². The zero-order chi connectivity index (χ0) is 36.1. The first-order chi connectivity index (χ1) is 22.6. The molecule has 0 aromatic carbocycles. The van der Waals surface area contributed by atoms with Gasteiger partial charge in [-0.25, -0.2) is 0 Å². The van der Waals surface area contributed by atoms with Crippen LogP contribution in [0.2, 0.25) is 0 Å². The molecule has 1 saturated heterocycles. The Balaban J connectivity index is 1.29. The molecule has 1 aliphatic heterocycles. The lowest BCUT2D eigenvalue weighted by molar-refractivity contribution is -0.232. The number of allylic oxidation sites excluding steroid dienone is 1. The summed E-state index contributed by atoms with van der Waals surface area (Å²) in [6, 6.07) is -0.118. The molecule has 1 amide bonds. The van der Waals surface area contributed by atoms with Crippen LogP contribution in [0.5, 0.6) is 0 Å². The molecule has 0 spiro atoms. The number of amides is 1. The first kappa shape index (κ1) is 36.6. The number of esters is 1. The van der Waals surface area contributed by atoms with Gasteiger partial charge in [-0.05, 0) is 143 Å². The van der Waals surface area contributed by atoms with Crippen LogP contribution in [0.1, 0.15) is 139 Å². The van der Waals surface area contributed by atoms with Gasteiger partial charge in [-0.3, -0.25) is 24.1 Å². The van der Waals surface area contributed by atoms with Gasteiger partial charge in [-0.2, -0.15) is 0 Å². The summed E-state index contributed by atoms with van der Waals surface area (Å²) in [7, 11) is 2.04. The van der Waals surface area contributed by atoms with Gasteiger partial charge in [0.2, 0.25) is 5.91 Å². The summed E-state index contributed by atoms with van der Waals surface area (Å²) in [4.78, 5) is 54.8. The smallest absolute Gasteiger partial charge is 0.309 e. The SMILES string of the molecule is CC(C)C1=C2[C@H]3CC[C@@H]4[C@@]5(C)CC[C@H](OC(=O)CC(C)(C)C(=O)O)C(C)(C)[C@@H]5CC[C@@]4(C)[C@]3(C)CC[C@@]2(NC(=O)[C@@H]2CCCN2C)CC1=O. The van der Waals surface area contributed by atoms with Gasteiger partial charge in [0.25, 0.3) is 0 Å². The fraction of sp³-hybridized carbons (Fsp3) is 0.854. The van der Waals surface area contributed by atoms with Gasteiger partial charge < -0.3 is 15.2 Å². The Morgan fingerprint density at radius 2 is 1.63 bits per heavy atom. The van der Waals surface area contributed by atoms with E-state index in [4.69, 9.17) is 4.74 Å². The molecule has 6 aliphatic rings. The molecule has 0 aromatic rings. The van der Waals surface area contributed by atoms with E-state index in [0.717, 1.165) is 76.3 Å². The van der Waals surface area contributed by atoms with Crippen molar-refractivity contribution in [2.75, 3.05) is 13.6 Å². The molecule has 0 aromatic heterocycles. The molecule has 274 valence electrons. The number of hydrogen-bond donors (Lipinski definition) is 2. The average molecular weight is 681 g/mol. The van der Waals surface area contributed by atoms with Gasteiger partial charge >= 0.3 is 11.9 Å². The van der Waals surface area contributed by atoms with Crippen molar-refractivity contribution in [2.24, 2.45) is 50.7 Å². The number of carboxylic acid groups (broad SMARTS) is 1. The number of carbonyl (C=O) groups is 4. The molecule has 4 saturated carbocycles. The Bertz CT molecular complexity index is 1450. The molecule has 5 aliphatic carbocycles. The Morgan fingerprint density at radius 3 is 2.24 bits per heavy atom. The highest BCUT2D eigenvalue weighted by atomic mass is 16.5. The number of carbonyl (C=O) groups excluding carboxylic acids is 3. The fourth-order valence-electron chi connectivity index (χ4n) is 13.1. The zero-order valence-electron chi connectivity index (χ0n) is 32.1. The standard InChI is InChI=1S/C41H64N2O6/c1-24(2)32-27(44)22-41(42-34(46)26-12-11-21-43(26)10)20-19-39(8)25(33(32)41)13-14-29-38(7)17-16-30(49-31(45)23-36(3,4)35(47)48)37(5,6)28(38)15-18-40(29,39)9/h24-26,28-30H,11-23H2,1-10H3,(H,42,46)(H,47,48)/t25-,26+,28+,29-,30+,38+,39-,40-,41-/m1/s1. The van der Waals surface area contributed by atoms with Gasteiger partial charge in [0.15, 0.2) is 5.78 Å². The molecule has 9 atom stereocenters. The van der Waals surface area contributed by atoms with E-state index in [-0.39, 0.29) is 63.8 Å². The van der Waals surface area contributed by atoms with E-state index >= 15 is 0 Å². The fourth-order valence-corrected chi connectivity index (χ4v) is 13.1. The van der Waals surface area contributed by atoms with Crippen LogP contribution < -0.4 is 5.32 Å². The number of ether oxygens (including phenoxy) is 1. The lowest BCUT2D eigenvalue weighted by Crippen LogP contribution is -2.67. The van der Waals surface area contributed by atoms with E-state index in [1.807, 2.05) is 7.05 Å². The maximum atomic E-state index is 13.9. The van der Waals surface area contributed by atoms with Gasteiger partial charge in [-0.1, -0.05) is 48.5 Å². The van der Waals surface area contributed by atoms with Crippen LogP contribution in [0.3, 0.4) is 0 Å². The number of Topliss-reactive ketones (excluding diaryl/α,β-unsaturated/α-hetero) is 1. The summed E-state index contributed by atoms with van der Waals surface area (Å²) in [6.45, 7) is 20.6. The number of likely N-dealkylation sites (N-methyl/N-ethyl adjacent to an activating group) is 1. The second-order valence-electron chi connectivity index (χ2n) is 19.6. The maximum absolute atomic E-state index is 13.9. The molecule has 5 fully saturated rings. The maximum Gasteiger partial charge on any atom is 0.309 e. The van der Waals surface area contributed by atoms with Gasteiger partial charge in [-0.15, -0.1) is 0 Å². The largest absolute Gasteiger partial charge is 0.481 e. The third kappa shape index (κ3) is 5.37. The number of nitrogens with zero attached hydrogens (tertiary/aromatic N) is 1. The molecular weight excluding hydrogens is 616 g/mol. The predicted molar refractivity (Wildman–Crippen MR) is 189 cm³/mol. The summed E-state index contributed by atoms with van der Waals surface area (Å²) >= 11 is 0. The minimum Gasteiger partial charge on any atom is -0.481 e. The zero-order valence-corrected chi connectivity index (χ0v) is 32.1. The van der Waals surface area contributed by atoms with Crippen molar-refractivity contribution in [1.82, 2.24) is 10.2 Å². The van der Waals surface area contributed by atoms with Crippen LogP contribution in [0.25, 0.3) is 0 Å². The van der Waals surface area contributed by atoms with Crippen LogP contribution in [0.4, 0.5) is 0 Å². The summed E-state index contributed by atoms with van der Waals surface area (Å²) in [5.74, 6) is 0.180. The summed E-state index contributed by atoms with van der Waals surface area (Å²) < 4.78 is 6.15. The molecule has 49 heavy (non-hydrogen) atoms. The normalized spacial score (nSPS) is 41.9.